The van der Waals surface area contributed by atoms with Gasteiger partial charge in [0.15, 0.2) is 11.5 Å². The predicted octanol–water partition coefficient (Wildman–Crippen LogP) is 3.14. The summed E-state index contributed by atoms with van der Waals surface area (Å²) in [7, 11) is 0. The first-order valence-corrected chi connectivity index (χ1v) is 9.62. The molecule has 1 N–H and O–H groups in total. The fraction of sp³-hybridized carbons (Fsp3) is 0.364. The fourth-order valence-electron chi connectivity index (χ4n) is 3.60. The third kappa shape index (κ3) is 4.11. The lowest BCUT2D eigenvalue weighted by atomic mass is 9.95. The number of carbonyl (C=O) groups is 2. The van der Waals surface area contributed by atoms with Crippen LogP contribution in [-0.4, -0.2) is 36.6 Å². The summed E-state index contributed by atoms with van der Waals surface area (Å²) in [6.07, 6.45) is 1.76. The number of hydrogen-bond acceptors (Lipinski definition) is 4. The zero-order chi connectivity index (χ0) is 19.5. The van der Waals surface area contributed by atoms with Gasteiger partial charge in [-0.2, -0.15) is 0 Å². The molecule has 2 aliphatic heterocycles. The molecular formula is C22H24N2O4. The van der Waals surface area contributed by atoms with Crippen molar-refractivity contribution < 1.29 is 19.1 Å². The Kier molecular flexibility index (Phi) is 5.19. The van der Waals surface area contributed by atoms with Gasteiger partial charge in [0.25, 0.3) is 0 Å². The third-order valence-electron chi connectivity index (χ3n) is 5.33. The van der Waals surface area contributed by atoms with E-state index in [2.05, 4.69) is 5.32 Å². The van der Waals surface area contributed by atoms with Crippen LogP contribution in [0.3, 0.4) is 0 Å². The molecule has 0 aromatic heterocycles. The first-order valence-electron chi connectivity index (χ1n) is 9.62. The number of anilines is 1. The zero-order valence-electron chi connectivity index (χ0n) is 15.9. The lowest BCUT2D eigenvalue weighted by molar-refractivity contribution is -0.133. The van der Waals surface area contributed by atoms with Crippen molar-refractivity contribution in [3.63, 3.8) is 0 Å². The lowest BCUT2D eigenvalue weighted by Crippen LogP contribution is -2.42. The molecule has 2 aromatic rings. The van der Waals surface area contributed by atoms with E-state index in [0.717, 1.165) is 5.56 Å². The standard InChI is InChI=1S/C22H24N2O4/c1-15-2-4-16(5-3-15)12-21(25)24-10-8-17(9-11-24)22(26)23-18-6-7-19-20(13-18)28-14-27-19/h2-7,13,17H,8-12,14H2,1H3,(H,23,26). The van der Waals surface area contributed by atoms with E-state index in [1.165, 1.54) is 5.56 Å². The van der Waals surface area contributed by atoms with Gasteiger partial charge in [-0.3, -0.25) is 9.59 Å². The van der Waals surface area contributed by atoms with Crippen LogP contribution in [0.5, 0.6) is 11.5 Å². The molecule has 0 atom stereocenters. The Labute approximate surface area is 164 Å². The highest BCUT2D eigenvalue weighted by Gasteiger charge is 2.27. The number of amides is 2. The van der Waals surface area contributed by atoms with Gasteiger partial charge in [0, 0.05) is 30.8 Å². The van der Waals surface area contributed by atoms with Crippen LogP contribution in [0.4, 0.5) is 5.69 Å². The quantitative estimate of drug-likeness (QED) is 0.885. The molecule has 28 heavy (non-hydrogen) atoms. The van der Waals surface area contributed by atoms with Crippen LogP contribution in [0, 0.1) is 12.8 Å². The number of hydrogen-bond donors (Lipinski definition) is 1. The van der Waals surface area contributed by atoms with Crippen LogP contribution in [-0.2, 0) is 16.0 Å². The molecule has 2 heterocycles. The molecule has 2 aliphatic rings. The predicted molar refractivity (Wildman–Crippen MR) is 105 cm³/mol. The van der Waals surface area contributed by atoms with Gasteiger partial charge in [0.1, 0.15) is 0 Å². The summed E-state index contributed by atoms with van der Waals surface area (Å²) in [5, 5.41) is 2.95. The van der Waals surface area contributed by atoms with Gasteiger partial charge in [-0.15, -0.1) is 0 Å². The Morgan fingerprint density at radius 1 is 1.04 bits per heavy atom. The smallest absolute Gasteiger partial charge is 0.231 e. The Balaban J connectivity index is 1.28. The number of benzene rings is 2. The summed E-state index contributed by atoms with van der Waals surface area (Å²) in [5.41, 5.74) is 2.91. The van der Waals surface area contributed by atoms with Crippen LogP contribution in [0.15, 0.2) is 42.5 Å². The van der Waals surface area contributed by atoms with E-state index < -0.39 is 0 Å². The molecule has 2 amide bonds. The molecule has 0 saturated carbocycles. The average molecular weight is 380 g/mol. The van der Waals surface area contributed by atoms with Crippen LogP contribution in [0.1, 0.15) is 24.0 Å². The van der Waals surface area contributed by atoms with E-state index in [4.69, 9.17) is 9.47 Å². The highest BCUT2D eigenvalue weighted by molar-refractivity contribution is 5.93. The van der Waals surface area contributed by atoms with E-state index in [9.17, 15) is 9.59 Å². The van der Waals surface area contributed by atoms with Crippen molar-refractivity contribution in [1.82, 2.24) is 4.90 Å². The topological polar surface area (TPSA) is 67.9 Å². The second-order valence-electron chi connectivity index (χ2n) is 7.37. The summed E-state index contributed by atoms with van der Waals surface area (Å²) in [6.45, 7) is 3.47. The maximum Gasteiger partial charge on any atom is 0.231 e. The molecule has 1 saturated heterocycles. The highest BCUT2D eigenvalue weighted by atomic mass is 16.7. The second-order valence-corrected chi connectivity index (χ2v) is 7.37. The Bertz CT molecular complexity index is 871. The number of nitrogens with zero attached hydrogens (tertiary/aromatic N) is 1. The molecule has 1 fully saturated rings. The number of piperidine rings is 1. The normalized spacial score (nSPS) is 16.1. The monoisotopic (exact) mass is 380 g/mol. The zero-order valence-corrected chi connectivity index (χ0v) is 15.9. The van der Waals surface area contributed by atoms with E-state index in [1.807, 2.05) is 42.2 Å². The van der Waals surface area contributed by atoms with Gasteiger partial charge in [-0.25, -0.2) is 0 Å². The van der Waals surface area contributed by atoms with Gasteiger partial charge >= 0.3 is 0 Å². The molecular weight excluding hydrogens is 356 g/mol. The minimum Gasteiger partial charge on any atom is -0.454 e. The molecule has 6 nitrogen and oxygen atoms in total. The van der Waals surface area contributed by atoms with Crippen molar-refractivity contribution in [3.05, 3.63) is 53.6 Å². The van der Waals surface area contributed by atoms with Crippen molar-refractivity contribution in [3.8, 4) is 11.5 Å². The van der Waals surface area contributed by atoms with Crippen LogP contribution >= 0.6 is 0 Å². The fourth-order valence-corrected chi connectivity index (χ4v) is 3.60. The first kappa shape index (κ1) is 18.3. The van der Waals surface area contributed by atoms with E-state index in [1.54, 1.807) is 12.1 Å². The van der Waals surface area contributed by atoms with Crippen molar-refractivity contribution in [1.29, 1.82) is 0 Å². The largest absolute Gasteiger partial charge is 0.454 e. The summed E-state index contributed by atoms with van der Waals surface area (Å²) < 4.78 is 10.6. The van der Waals surface area contributed by atoms with Crippen molar-refractivity contribution in [2.75, 3.05) is 25.2 Å². The Morgan fingerprint density at radius 2 is 1.75 bits per heavy atom. The molecule has 0 spiro atoms. The number of rotatable bonds is 4. The van der Waals surface area contributed by atoms with Gasteiger partial charge in [-0.05, 0) is 37.5 Å². The van der Waals surface area contributed by atoms with E-state index >= 15 is 0 Å². The van der Waals surface area contributed by atoms with Crippen LogP contribution in [0.25, 0.3) is 0 Å². The summed E-state index contributed by atoms with van der Waals surface area (Å²) >= 11 is 0. The van der Waals surface area contributed by atoms with Gasteiger partial charge in [-0.1, -0.05) is 29.8 Å². The first-order chi connectivity index (χ1) is 13.6. The minimum atomic E-state index is -0.0890. The SMILES string of the molecule is Cc1ccc(CC(=O)N2CCC(C(=O)Nc3ccc4c(c3)OCO4)CC2)cc1. The molecule has 6 heteroatoms. The molecule has 146 valence electrons. The average Bonchev–Trinajstić information content (AvgIpc) is 3.17. The molecule has 0 unspecified atom stereocenters. The van der Waals surface area contributed by atoms with Crippen LogP contribution in [0.2, 0.25) is 0 Å². The highest BCUT2D eigenvalue weighted by Crippen LogP contribution is 2.34. The number of nitrogens with one attached hydrogen (secondary N) is 1. The lowest BCUT2D eigenvalue weighted by Gasteiger charge is -2.31. The molecule has 0 aliphatic carbocycles. The summed E-state index contributed by atoms with van der Waals surface area (Å²) in [5.74, 6) is 1.37. The summed E-state index contributed by atoms with van der Waals surface area (Å²) in [4.78, 5) is 27.0. The van der Waals surface area contributed by atoms with Crippen LogP contribution < -0.4 is 14.8 Å². The Morgan fingerprint density at radius 3 is 2.50 bits per heavy atom. The maximum absolute atomic E-state index is 12.6. The molecule has 2 aromatic carbocycles. The Hall–Kier alpha value is -3.02. The van der Waals surface area contributed by atoms with Gasteiger partial charge in [0.2, 0.25) is 18.6 Å². The van der Waals surface area contributed by atoms with Crippen molar-refractivity contribution >= 4 is 17.5 Å². The molecule has 0 bridgehead atoms. The third-order valence-corrected chi connectivity index (χ3v) is 5.33. The van der Waals surface area contributed by atoms with Gasteiger partial charge < -0.3 is 19.7 Å². The second kappa shape index (κ2) is 7.92. The number of ether oxygens (including phenoxy) is 2. The molecule has 0 radical (unpaired) electrons. The number of carbonyl (C=O) groups excluding carboxylic acids is 2. The van der Waals surface area contributed by atoms with E-state index in [0.29, 0.717) is 49.5 Å². The number of likely N-dealkylation sites (tertiary alicyclic amines) is 1. The minimum absolute atomic E-state index is 0.00972. The number of fused-ring (bicyclic) bond motifs is 1. The van der Waals surface area contributed by atoms with Gasteiger partial charge in [0.05, 0.1) is 6.42 Å². The molecule has 4 rings (SSSR count). The maximum atomic E-state index is 12.6. The number of aryl methyl sites for hydroxylation is 1. The summed E-state index contributed by atoms with van der Waals surface area (Å²) in [6, 6.07) is 13.4. The van der Waals surface area contributed by atoms with E-state index in [-0.39, 0.29) is 24.5 Å². The van der Waals surface area contributed by atoms with Crippen molar-refractivity contribution in [2.24, 2.45) is 5.92 Å². The van der Waals surface area contributed by atoms with Crippen molar-refractivity contribution in [2.45, 2.75) is 26.2 Å².